The van der Waals surface area contributed by atoms with Crippen LogP contribution < -0.4 is 10.3 Å². The summed E-state index contributed by atoms with van der Waals surface area (Å²) >= 11 is 1.74. The van der Waals surface area contributed by atoms with Crippen LogP contribution in [0, 0.1) is 18.1 Å². The molecule has 1 aromatic heterocycles. The van der Waals surface area contributed by atoms with Crippen molar-refractivity contribution in [1.29, 1.82) is 0 Å². The highest BCUT2D eigenvalue weighted by atomic mass is 32.1. The van der Waals surface area contributed by atoms with Gasteiger partial charge < -0.3 is 4.90 Å². The summed E-state index contributed by atoms with van der Waals surface area (Å²) in [5.74, 6) is 0.747. The second-order valence-electron chi connectivity index (χ2n) is 6.67. The first-order valence-corrected chi connectivity index (χ1v) is 9.10. The maximum absolute atomic E-state index is 13.1. The van der Waals surface area contributed by atoms with E-state index in [-0.39, 0.29) is 5.43 Å². The van der Waals surface area contributed by atoms with Crippen LogP contribution >= 0.6 is 11.3 Å². The average molecular weight is 333 g/mol. The molecule has 0 atom stereocenters. The van der Waals surface area contributed by atoms with Crippen molar-refractivity contribution in [3.63, 3.8) is 0 Å². The van der Waals surface area contributed by atoms with Crippen LogP contribution in [0.2, 0.25) is 0 Å². The first-order chi connectivity index (χ1) is 11.6. The van der Waals surface area contributed by atoms with Crippen molar-refractivity contribution in [2.24, 2.45) is 5.92 Å². The molecule has 0 amide bonds. The Morgan fingerprint density at radius 1 is 1.12 bits per heavy atom. The molecule has 0 unspecified atom stereocenters. The van der Waals surface area contributed by atoms with Gasteiger partial charge in [-0.15, -0.1) is 11.3 Å². The zero-order chi connectivity index (χ0) is 16.7. The lowest BCUT2D eigenvalue weighted by Gasteiger charge is -2.14. The van der Waals surface area contributed by atoms with Crippen LogP contribution in [0.1, 0.15) is 17.7 Å². The molecule has 1 aliphatic carbocycles. The Bertz CT molecular complexity index is 936. The average Bonchev–Trinajstić information content (AvgIpc) is 3.39. The van der Waals surface area contributed by atoms with Gasteiger partial charge in [-0.05, 0) is 42.9 Å². The van der Waals surface area contributed by atoms with E-state index >= 15 is 0 Å². The molecule has 0 bridgehead atoms. The minimum atomic E-state index is 0.127. The lowest BCUT2D eigenvalue weighted by molar-refractivity contribution is 0.846. The van der Waals surface area contributed by atoms with Gasteiger partial charge >= 0.3 is 0 Å². The molecule has 3 heteroatoms. The molecule has 4 rings (SSSR count). The van der Waals surface area contributed by atoms with E-state index in [0.29, 0.717) is 0 Å². The van der Waals surface area contributed by atoms with Gasteiger partial charge in [0.15, 0.2) is 5.43 Å². The van der Waals surface area contributed by atoms with E-state index in [2.05, 4.69) is 41.3 Å². The predicted molar refractivity (Wildman–Crippen MR) is 102 cm³/mol. The lowest BCUT2D eigenvalue weighted by atomic mass is 10.0. The Morgan fingerprint density at radius 3 is 2.50 bits per heavy atom. The number of hydrogen-bond acceptors (Lipinski definition) is 3. The second kappa shape index (κ2) is 5.96. The van der Waals surface area contributed by atoms with Gasteiger partial charge in [-0.25, -0.2) is 0 Å². The zero-order valence-corrected chi connectivity index (χ0v) is 14.7. The maximum atomic E-state index is 13.1. The number of rotatable bonds is 4. The summed E-state index contributed by atoms with van der Waals surface area (Å²) in [4.78, 5) is 16.4. The molecule has 1 heterocycles. The van der Waals surface area contributed by atoms with Crippen LogP contribution in [0.25, 0.3) is 21.2 Å². The van der Waals surface area contributed by atoms with Crippen LogP contribution in [0.15, 0.2) is 41.2 Å². The molecule has 0 aliphatic heterocycles. The van der Waals surface area contributed by atoms with Crippen molar-refractivity contribution >= 4 is 27.1 Å². The van der Waals surface area contributed by atoms with Gasteiger partial charge in [0.25, 0.3) is 0 Å². The molecule has 24 heavy (non-hydrogen) atoms. The van der Waals surface area contributed by atoms with Crippen molar-refractivity contribution in [3.8, 4) is 11.1 Å². The number of anilines is 1. The molecule has 0 radical (unpaired) electrons. The Labute approximate surface area is 146 Å². The minimum Gasteiger partial charge on any atom is -0.378 e. The topological polar surface area (TPSA) is 20.3 Å². The van der Waals surface area contributed by atoms with Gasteiger partial charge in [-0.2, -0.15) is 0 Å². The van der Waals surface area contributed by atoms with Crippen molar-refractivity contribution in [3.05, 3.63) is 63.6 Å². The summed E-state index contributed by atoms with van der Waals surface area (Å²) in [6, 6.07) is 17.9. The smallest absolute Gasteiger partial charge is 0.196 e. The second-order valence-corrected chi connectivity index (χ2v) is 7.81. The van der Waals surface area contributed by atoms with E-state index in [1.54, 1.807) is 17.4 Å². The van der Waals surface area contributed by atoms with Gasteiger partial charge in [0.05, 0.1) is 0 Å². The zero-order valence-electron chi connectivity index (χ0n) is 13.9. The Kier molecular flexibility index (Phi) is 3.78. The van der Waals surface area contributed by atoms with Crippen molar-refractivity contribution in [2.45, 2.75) is 19.3 Å². The molecule has 120 valence electrons. The summed E-state index contributed by atoms with van der Waals surface area (Å²) in [5.41, 5.74) is 3.17. The summed E-state index contributed by atoms with van der Waals surface area (Å²) in [6.07, 6.45) is 3.58. The molecule has 1 aliphatic rings. The Morgan fingerprint density at radius 2 is 1.83 bits per heavy atom. The van der Waals surface area contributed by atoms with Gasteiger partial charge in [-0.1, -0.05) is 24.3 Å². The first-order valence-electron chi connectivity index (χ1n) is 8.28. The molecule has 2 aromatic carbocycles. The van der Waals surface area contributed by atoms with Crippen LogP contribution in [0.4, 0.5) is 5.69 Å². The first kappa shape index (κ1) is 15.2. The highest BCUT2D eigenvalue weighted by molar-refractivity contribution is 7.18. The number of fused-ring (bicyclic) bond motifs is 1. The van der Waals surface area contributed by atoms with Crippen molar-refractivity contribution in [2.75, 3.05) is 19.0 Å². The molecular weight excluding hydrogens is 314 g/mol. The fourth-order valence-corrected chi connectivity index (χ4v) is 4.30. The predicted octanol–water partition coefficient (Wildman–Crippen LogP) is 4.55. The van der Waals surface area contributed by atoms with Gasteiger partial charge in [0, 0.05) is 52.4 Å². The van der Waals surface area contributed by atoms with Crippen LogP contribution in [0.5, 0.6) is 0 Å². The highest BCUT2D eigenvalue weighted by Gasteiger charge is 2.25. The highest BCUT2D eigenvalue weighted by Crippen LogP contribution is 2.38. The van der Waals surface area contributed by atoms with Crippen molar-refractivity contribution < 1.29 is 0 Å². The standard InChI is InChI=1S/C21H19NOS/c1-22(2)16-11-9-15(10-12-16)20-19(13-14-7-8-14)24-18-6-4-3-5-17(18)21(20)23/h5-6,9-12,14H,7-8,13H2,1-2H3. The van der Waals surface area contributed by atoms with E-state index in [1.165, 1.54) is 17.7 Å². The van der Waals surface area contributed by atoms with E-state index in [0.717, 1.165) is 39.2 Å². The summed E-state index contributed by atoms with van der Waals surface area (Å²) in [6.45, 7) is 0. The molecule has 2 nitrogen and oxygen atoms in total. The van der Waals surface area contributed by atoms with Gasteiger partial charge in [0.1, 0.15) is 0 Å². The fraction of sp³-hybridized carbons (Fsp3) is 0.286. The van der Waals surface area contributed by atoms with E-state index in [9.17, 15) is 4.79 Å². The third kappa shape index (κ3) is 2.79. The molecule has 0 spiro atoms. The molecule has 0 saturated heterocycles. The largest absolute Gasteiger partial charge is 0.378 e. The lowest BCUT2D eigenvalue weighted by Crippen LogP contribution is -2.10. The number of hydrogen-bond donors (Lipinski definition) is 0. The van der Waals surface area contributed by atoms with Crippen LogP contribution in [0.3, 0.4) is 0 Å². The monoisotopic (exact) mass is 333 g/mol. The fourth-order valence-electron chi connectivity index (χ4n) is 3.02. The maximum Gasteiger partial charge on any atom is 0.196 e. The van der Waals surface area contributed by atoms with Crippen LogP contribution in [-0.4, -0.2) is 14.1 Å². The van der Waals surface area contributed by atoms with Gasteiger partial charge in [-0.3, -0.25) is 4.79 Å². The molecule has 0 N–H and O–H groups in total. The third-order valence-electron chi connectivity index (χ3n) is 4.60. The van der Waals surface area contributed by atoms with E-state index < -0.39 is 0 Å². The molecule has 1 fully saturated rings. The third-order valence-corrected chi connectivity index (χ3v) is 5.77. The SMILES string of the molecule is CN(C)c1ccc(-c2c(CC3CC3)sc3cc#ccc3c2=O)cc1. The van der Waals surface area contributed by atoms with E-state index in [1.807, 2.05) is 20.2 Å². The Hall–Kier alpha value is -2.31. The van der Waals surface area contributed by atoms with E-state index in [4.69, 9.17) is 0 Å². The van der Waals surface area contributed by atoms with Crippen LogP contribution in [-0.2, 0) is 6.42 Å². The molecular formula is C21H19NOS. The molecule has 3 aromatic rings. The molecule has 1 saturated carbocycles. The summed E-state index contributed by atoms with van der Waals surface area (Å²) in [5, 5.41) is 0.755. The van der Waals surface area contributed by atoms with Crippen molar-refractivity contribution in [1.82, 2.24) is 0 Å². The van der Waals surface area contributed by atoms with Gasteiger partial charge in [0.2, 0.25) is 0 Å². The normalized spacial score (nSPS) is 13.8. The Balaban J connectivity index is 1.91. The summed E-state index contributed by atoms with van der Waals surface area (Å²) < 4.78 is 1.02. The summed E-state index contributed by atoms with van der Waals surface area (Å²) in [7, 11) is 4.05. The quantitative estimate of drug-likeness (QED) is 0.698. The minimum absolute atomic E-state index is 0.127. The number of benzene rings is 1. The number of nitrogens with zero attached hydrogens (tertiary/aromatic N) is 1.